The van der Waals surface area contributed by atoms with E-state index in [4.69, 9.17) is 14.6 Å². The molecular formula is C28H25F3O4. The largest absolute Gasteiger partial charge is 0.492 e. The van der Waals surface area contributed by atoms with Crippen LogP contribution in [0.15, 0.2) is 54.6 Å². The summed E-state index contributed by atoms with van der Waals surface area (Å²) < 4.78 is 53.6. The fourth-order valence-electron chi connectivity index (χ4n) is 5.20. The summed E-state index contributed by atoms with van der Waals surface area (Å²) >= 11 is 0. The maximum Gasteiger partial charge on any atom is 0.416 e. The predicted octanol–water partition coefficient (Wildman–Crippen LogP) is 6.62. The molecule has 35 heavy (non-hydrogen) atoms. The van der Waals surface area contributed by atoms with Crippen molar-refractivity contribution in [1.82, 2.24) is 0 Å². The van der Waals surface area contributed by atoms with Crippen molar-refractivity contribution < 1.29 is 32.5 Å². The second-order valence-corrected chi connectivity index (χ2v) is 9.21. The Morgan fingerprint density at radius 2 is 1.89 bits per heavy atom. The molecule has 1 heterocycles. The molecule has 3 aromatic carbocycles. The number of rotatable bonds is 6. The Labute approximate surface area is 201 Å². The molecule has 0 amide bonds. The zero-order valence-electron chi connectivity index (χ0n) is 19.2. The van der Waals surface area contributed by atoms with E-state index in [9.17, 15) is 18.0 Å². The van der Waals surface area contributed by atoms with E-state index in [0.29, 0.717) is 42.1 Å². The first-order chi connectivity index (χ1) is 16.7. The van der Waals surface area contributed by atoms with Crippen LogP contribution < -0.4 is 9.47 Å². The van der Waals surface area contributed by atoms with Crippen molar-refractivity contribution in [1.29, 1.82) is 0 Å². The Morgan fingerprint density at radius 1 is 1.11 bits per heavy atom. The van der Waals surface area contributed by atoms with Crippen LogP contribution in [0.5, 0.6) is 11.5 Å². The summed E-state index contributed by atoms with van der Waals surface area (Å²) in [5.74, 6) is 0.0696. The minimum atomic E-state index is -4.43. The van der Waals surface area contributed by atoms with Crippen molar-refractivity contribution >= 4 is 5.97 Å². The molecule has 0 radical (unpaired) electrons. The first-order valence-electron chi connectivity index (χ1n) is 11.6. The first kappa shape index (κ1) is 23.3. The second-order valence-electron chi connectivity index (χ2n) is 9.21. The molecule has 1 unspecified atom stereocenters. The number of benzene rings is 3. The number of carboxylic acid groups (broad SMARTS) is 1. The van der Waals surface area contributed by atoms with E-state index in [-0.39, 0.29) is 24.9 Å². The number of alkyl halides is 3. The summed E-state index contributed by atoms with van der Waals surface area (Å²) in [6.45, 7) is 2.22. The molecule has 0 bridgehead atoms. The Hall–Kier alpha value is -3.48. The Morgan fingerprint density at radius 3 is 2.63 bits per heavy atom. The summed E-state index contributed by atoms with van der Waals surface area (Å²) in [6.07, 6.45) is -3.50. The lowest BCUT2D eigenvalue weighted by atomic mass is 9.90. The molecule has 0 aromatic heterocycles. The topological polar surface area (TPSA) is 55.8 Å². The van der Waals surface area contributed by atoms with E-state index in [1.54, 1.807) is 18.2 Å². The van der Waals surface area contributed by atoms with Crippen LogP contribution >= 0.6 is 0 Å². The van der Waals surface area contributed by atoms with Crippen molar-refractivity contribution in [2.24, 2.45) is 0 Å². The highest BCUT2D eigenvalue weighted by Crippen LogP contribution is 2.44. The third kappa shape index (κ3) is 4.59. The SMILES string of the molecule is Cc1ccccc1Cc1c(C(F)(F)F)ccc2c1CC[C@H]2Oc1ccc2c(c1)OCC2CC(=O)O. The summed E-state index contributed by atoms with van der Waals surface area (Å²) in [7, 11) is 0. The molecule has 0 fully saturated rings. The van der Waals surface area contributed by atoms with Crippen LogP contribution in [0.2, 0.25) is 0 Å². The third-order valence-corrected chi connectivity index (χ3v) is 6.97. The van der Waals surface area contributed by atoms with Crippen LogP contribution in [0, 0.1) is 6.92 Å². The maximum atomic E-state index is 13.9. The van der Waals surface area contributed by atoms with Crippen molar-refractivity contribution in [3.8, 4) is 11.5 Å². The molecule has 7 heteroatoms. The van der Waals surface area contributed by atoms with Gasteiger partial charge >= 0.3 is 12.1 Å². The Bertz CT molecular complexity index is 1280. The average Bonchev–Trinajstić information content (AvgIpc) is 3.38. The van der Waals surface area contributed by atoms with Gasteiger partial charge in [-0.25, -0.2) is 0 Å². The van der Waals surface area contributed by atoms with Crippen LogP contribution in [0.1, 0.15) is 63.8 Å². The van der Waals surface area contributed by atoms with Crippen molar-refractivity contribution in [3.05, 3.63) is 93.5 Å². The number of aryl methyl sites for hydroxylation is 1. The predicted molar refractivity (Wildman–Crippen MR) is 124 cm³/mol. The highest BCUT2D eigenvalue weighted by Gasteiger charge is 2.37. The van der Waals surface area contributed by atoms with Gasteiger partial charge in [-0.15, -0.1) is 0 Å². The smallest absolute Gasteiger partial charge is 0.416 e. The van der Waals surface area contributed by atoms with Gasteiger partial charge in [0.1, 0.15) is 17.6 Å². The van der Waals surface area contributed by atoms with Gasteiger partial charge in [0.15, 0.2) is 0 Å². The van der Waals surface area contributed by atoms with Gasteiger partial charge in [0.25, 0.3) is 0 Å². The minimum Gasteiger partial charge on any atom is -0.492 e. The monoisotopic (exact) mass is 482 g/mol. The van der Waals surface area contributed by atoms with E-state index >= 15 is 0 Å². The van der Waals surface area contributed by atoms with Crippen LogP contribution in [0.4, 0.5) is 13.2 Å². The van der Waals surface area contributed by atoms with Crippen LogP contribution in [0.3, 0.4) is 0 Å². The van der Waals surface area contributed by atoms with Gasteiger partial charge in [-0.05, 0) is 66.1 Å². The highest BCUT2D eigenvalue weighted by molar-refractivity contribution is 5.68. The Kier molecular flexibility index (Phi) is 5.95. The van der Waals surface area contributed by atoms with E-state index < -0.39 is 17.7 Å². The minimum absolute atomic E-state index is 0.00555. The van der Waals surface area contributed by atoms with Gasteiger partial charge in [0, 0.05) is 17.5 Å². The zero-order chi connectivity index (χ0) is 24.7. The van der Waals surface area contributed by atoms with Crippen molar-refractivity contribution in [2.75, 3.05) is 6.61 Å². The zero-order valence-corrected chi connectivity index (χ0v) is 19.2. The molecule has 0 saturated carbocycles. The molecule has 2 atom stereocenters. The van der Waals surface area contributed by atoms with Crippen LogP contribution in [0.25, 0.3) is 0 Å². The lowest BCUT2D eigenvalue weighted by Crippen LogP contribution is -2.13. The molecule has 0 spiro atoms. The number of hydrogen-bond acceptors (Lipinski definition) is 3. The normalized spacial score (nSPS) is 18.6. The highest BCUT2D eigenvalue weighted by atomic mass is 19.4. The van der Waals surface area contributed by atoms with Crippen molar-refractivity contribution in [2.45, 2.75) is 50.8 Å². The molecule has 0 saturated heterocycles. The molecule has 3 aromatic rings. The second kappa shape index (κ2) is 8.95. The number of halogens is 3. The first-order valence-corrected chi connectivity index (χ1v) is 11.6. The number of hydrogen-bond donors (Lipinski definition) is 1. The molecule has 1 aliphatic carbocycles. The molecular weight excluding hydrogens is 457 g/mol. The van der Waals surface area contributed by atoms with Gasteiger partial charge in [0.05, 0.1) is 18.6 Å². The Balaban J connectivity index is 1.44. The number of carbonyl (C=O) groups is 1. The lowest BCUT2D eigenvalue weighted by molar-refractivity contribution is -0.138. The third-order valence-electron chi connectivity index (χ3n) is 6.97. The van der Waals surface area contributed by atoms with E-state index in [1.165, 1.54) is 6.07 Å². The standard InChI is InChI=1S/C28H25F3O4/c1-16-4-2-3-5-17(16)12-23-21-9-11-25(22(21)8-10-24(23)28(29,30)31)35-19-6-7-20-18(13-27(32)33)15-34-26(20)14-19/h2-8,10,14,18,25H,9,11-13,15H2,1H3,(H,32,33)/t18?,25-/m1/s1. The summed E-state index contributed by atoms with van der Waals surface area (Å²) in [6, 6.07) is 15.6. The molecule has 182 valence electrons. The number of aliphatic carboxylic acids is 1. The number of ether oxygens (including phenoxy) is 2. The van der Waals surface area contributed by atoms with Gasteiger partial charge in [-0.1, -0.05) is 36.4 Å². The summed E-state index contributed by atoms with van der Waals surface area (Å²) in [4.78, 5) is 11.1. The van der Waals surface area contributed by atoms with Gasteiger partial charge < -0.3 is 14.6 Å². The molecule has 2 aliphatic rings. The lowest BCUT2D eigenvalue weighted by Gasteiger charge is -2.20. The maximum absolute atomic E-state index is 13.9. The van der Waals surface area contributed by atoms with Crippen molar-refractivity contribution in [3.63, 3.8) is 0 Å². The fourth-order valence-corrected chi connectivity index (χ4v) is 5.20. The molecule has 4 nitrogen and oxygen atoms in total. The van der Waals surface area contributed by atoms with Crippen LogP contribution in [-0.2, 0) is 23.8 Å². The summed E-state index contributed by atoms with van der Waals surface area (Å²) in [5.41, 5.74) is 3.91. The fraction of sp³-hybridized carbons (Fsp3) is 0.321. The summed E-state index contributed by atoms with van der Waals surface area (Å²) in [5, 5.41) is 9.09. The average molecular weight is 482 g/mol. The van der Waals surface area contributed by atoms with Gasteiger partial charge in [0.2, 0.25) is 0 Å². The quantitative estimate of drug-likeness (QED) is 0.429. The molecule has 1 aliphatic heterocycles. The van der Waals surface area contributed by atoms with E-state index in [1.807, 2.05) is 37.3 Å². The number of fused-ring (bicyclic) bond motifs is 2. The van der Waals surface area contributed by atoms with Gasteiger partial charge in [-0.3, -0.25) is 4.79 Å². The number of carboxylic acids is 1. The van der Waals surface area contributed by atoms with Crippen LogP contribution in [-0.4, -0.2) is 17.7 Å². The molecule has 1 N–H and O–H groups in total. The van der Waals surface area contributed by atoms with Gasteiger partial charge in [-0.2, -0.15) is 13.2 Å². The van der Waals surface area contributed by atoms with E-state index in [0.717, 1.165) is 22.3 Å². The van der Waals surface area contributed by atoms with E-state index in [2.05, 4.69) is 0 Å². The molecule has 5 rings (SSSR count).